The highest BCUT2D eigenvalue weighted by Gasteiger charge is 2.25. The molecule has 1 fully saturated rings. The first-order valence-electron chi connectivity index (χ1n) is 12.0. The quantitative estimate of drug-likeness (QED) is 0.277. The molecule has 5 heterocycles. The first kappa shape index (κ1) is 20.6. The predicted octanol–water partition coefficient (Wildman–Crippen LogP) is 6.17. The van der Waals surface area contributed by atoms with Crippen LogP contribution in [0.4, 0.5) is 5.69 Å². The molecule has 1 saturated carbocycles. The largest absolute Gasteiger partial charge is 0.472 e. The maximum Gasteiger partial charge on any atom is 0.227 e. The van der Waals surface area contributed by atoms with Crippen molar-refractivity contribution in [1.82, 2.24) is 25.1 Å². The van der Waals surface area contributed by atoms with Crippen LogP contribution in [0.5, 0.6) is 0 Å². The van der Waals surface area contributed by atoms with Gasteiger partial charge in [0, 0.05) is 39.5 Å². The van der Waals surface area contributed by atoms with Crippen molar-refractivity contribution >= 4 is 33.4 Å². The van der Waals surface area contributed by atoms with E-state index in [0.717, 1.165) is 74.8 Å². The number of carbonyl (C=O) groups excluding carboxylic acids is 1. The fraction of sp³-hybridized carbons (Fsp3) is 0.143. The molecule has 0 spiro atoms. The second kappa shape index (κ2) is 8.20. The molecule has 6 aromatic rings. The van der Waals surface area contributed by atoms with Crippen molar-refractivity contribution in [1.29, 1.82) is 0 Å². The van der Waals surface area contributed by atoms with Gasteiger partial charge < -0.3 is 14.7 Å². The van der Waals surface area contributed by atoms with Gasteiger partial charge in [-0.1, -0.05) is 18.6 Å². The van der Waals surface area contributed by atoms with Crippen LogP contribution in [0.15, 0.2) is 78.0 Å². The first-order valence-corrected chi connectivity index (χ1v) is 12.0. The molecule has 3 N–H and O–H groups in total. The van der Waals surface area contributed by atoms with E-state index in [2.05, 4.69) is 48.7 Å². The average molecular weight is 475 g/mol. The lowest BCUT2D eigenvalue weighted by Crippen LogP contribution is -2.28. The maximum atomic E-state index is 12.4. The molecule has 0 bridgehead atoms. The number of hydrogen-bond donors (Lipinski definition) is 3. The molecule has 176 valence electrons. The molecule has 0 atom stereocenters. The standard InChI is InChI=1S/C28H22N6O2/c35-28(16-3-1-4-16)31-19-9-18(12-29-13-19)24-11-22-26(14-30-24)33-34-27(22)25-10-21-20(17-7-8-36-15-17)5-2-6-23(21)32-25/h2,5-16,32H,1,3-4H2,(H,31,35)(H,33,34). The zero-order chi connectivity index (χ0) is 24.1. The Morgan fingerprint density at radius 1 is 1.00 bits per heavy atom. The Morgan fingerprint density at radius 3 is 2.78 bits per heavy atom. The van der Waals surface area contributed by atoms with Gasteiger partial charge in [-0.25, -0.2) is 0 Å². The molecule has 1 aliphatic rings. The van der Waals surface area contributed by atoms with E-state index in [9.17, 15) is 4.79 Å². The smallest absolute Gasteiger partial charge is 0.227 e. The van der Waals surface area contributed by atoms with E-state index in [-0.39, 0.29) is 11.8 Å². The van der Waals surface area contributed by atoms with Gasteiger partial charge in [-0.3, -0.25) is 19.9 Å². The summed E-state index contributed by atoms with van der Waals surface area (Å²) in [5.41, 5.74) is 7.97. The number of nitrogens with one attached hydrogen (secondary N) is 3. The molecule has 8 heteroatoms. The van der Waals surface area contributed by atoms with Crippen LogP contribution >= 0.6 is 0 Å². The molecule has 0 saturated heterocycles. The lowest BCUT2D eigenvalue weighted by atomic mass is 9.85. The minimum absolute atomic E-state index is 0.0642. The van der Waals surface area contributed by atoms with Crippen LogP contribution in [0.25, 0.3) is 55.6 Å². The summed E-state index contributed by atoms with van der Waals surface area (Å²) in [6.07, 6.45) is 11.7. The number of H-pyrrole nitrogens is 2. The molecule has 0 unspecified atom stereocenters. The van der Waals surface area contributed by atoms with Crippen LogP contribution in [0.1, 0.15) is 19.3 Å². The van der Waals surface area contributed by atoms with E-state index >= 15 is 0 Å². The van der Waals surface area contributed by atoms with Gasteiger partial charge in [-0.15, -0.1) is 0 Å². The summed E-state index contributed by atoms with van der Waals surface area (Å²) in [5.74, 6) is 0.177. The number of pyridine rings is 2. The van der Waals surface area contributed by atoms with Crippen LogP contribution in [0.2, 0.25) is 0 Å². The Labute approximate surface area is 205 Å². The Hall–Kier alpha value is -4.72. The molecule has 1 amide bonds. The summed E-state index contributed by atoms with van der Waals surface area (Å²) >= 11 is 0. The normalized spacial score (nSPS) is 13.8. The lowest BCUT2D eigenvalue weighted by Gasteiger charge is -2.24. The zero-order valence-corrected chi connectivity index (χ0v) is 19.3. The van der Waals surface area contributed by atoms with Gasteiger partial charge in [0.25, 0.3) is 0 Å². The third-order valence-corrected chi connectivity index (χ3v) is 6.98. The summed E-state index contributed by atoms with van der Waals surface area (Å²) in [6.45, 7) is 0. The summed E-state index contributed by atoms with van der Waals surface area (Å²) < 4.78 is 5.30. The Bertz CT molecular complexity index is 1730. The minimum Gasteiger partial charge on any atom is -0.472 e. The third kappa shape index (κ3) is 3.46. The number of furan rings is 1. The van der Waals surface area contributed by atoms with Crippen molar-refractivity contribution in [2.24, 2.45) is 5.92 Å². The lowest BCUT2D eigenvalue weighted by molar-refractivity contribution is -0.122. The maximum absolute atomic E-state index is 12.4. The number of aromatic amines is 2. The second-order valence-corrected chi connectivity index (χ2v) is 9.23. The summed E-state index contributed by atoms with van der Waals surface area (Å²) in [6, 6.07) is 14.2. The first-order chi connectivity index (χ1) is 17.7. The van der Waals surface area contributed by atoms with E-state index in [1.54, 1.807) is 31.1 Å². The van der Waals surface area contributed by atoms with E-state index in [0.29, 0.717) is 5.69 Å². The van der Waals surface area contributed by atoms with Crippen LogP contribution in [-0.4, -0.2) is 31.1 Å². The molecule has 8 nitrogen and oxygen atoms in total. The van der Waals surface area contributed by atoms with Crippen LogP contribution in [0.3, 0.4) is 0 Å². The Balaban J connectivity index is 1.26. The Kier molecular flexibility index (Phi) is 4.70. The third-order valence-electron chi connectivity index (χ3n) is 6.98. The van der Waals surface area contributed by atoms with Crippen molar-refractivity contribution in [2.75, 3.05) is 5.32 Å². The van der Waals surface area contributed by atoms with Gasteiger partial charge in [0.2, 0.25) is 5.91 Å². The SMILES string of the molecule is O=C(Nc1cncc(-c2cc3c(-c4cc5c(-c6ccoc6)cccc5[nH]4)n[nH]c3cn2)c1)C1CCC1. The van der Waals surface area contributed by atoms with Gasteiger partial charge in [0.1, 0.15) is 5.69 Å². The monoisotopic (exact) mass is 474 g/mol. The highest BCUT2D eigenvalue weighted by atomic mass is 16.3. The molecular formula is C28H22N6O2. The number of carbonyl (C=O) groups is 1. The number of rotatable bonds is 5. The van der Waals surface area contributed by atoms with Crippen LogP contribution < -0.4 is 5.32 Å². The number of hydrogen-bond acceptors (Lipinski definition) is 5. The minimum atomic E-state index is 0.0642. The van der Waals surface area contributed by atoms with E-state index < -0.39 is 0 Å². The highest BCUT2D eigenvalue weighted by Crippen LogP contribution is 2.35. The van der Waals surface area contributed by atoms with Crippen LogP contribution in [0, 0.1) is 5.92 Å². The fourth-order valence-corrected chi connectivity index (χ4v) is 4.80. The molecule has 7 rings (SSSR count). The summed E-state index contributed by atoms with van der Waals surface area (Å²) in [4.78, 5) is 24.8. The van der Waals surface area contributed by atoms with E-state index in [1.165, 1.54) is 0 Å². The van der Waals surface area contributed by atoms with Gasteiger partial charge in [-0.2, -0.15) is 5.10 Å². The van der Waals surface area contributed by atoms with E-state index in [1.807, 2.05) is 24.3 Å². The van der Waals surface area contributed by atoms with Crippen molar-refractivity contribution in [2.45, 2.75) is 19.3 Å². The molecule has 36 heavy (non-hydrogen) atoms. The van der Waals surface area contributed by atoms with Crippen molar-refractivity contribution in [3.05, 3.63) is 73.6 Å². The van der Waals surface area contributed by atoms with Gasteiger partial charge in [-0.05, 0) is 48.7 Å². The number of benzene rings is 1. The second-order valence-electron chi connectivity index (χ2n) is 9.23. The van der Waals surface area contributed by atoms with Crippen molar-refractivity contribution in [3.8, 4) is 33.8 Å². The van der Waals surface area contributed by atoms with Gasteiger partial charge >= 0.3 is 0 Å². The molecular weight excluding hydrogens is 452 g/mol. The number of amides is 1. The number of anilines is 1. The zero-order valence-electron chi connectivity index (χ0n) is 19.3. The summed E-state index contributed by atoms with van der Waals surface area (Å²) in [5, 5.41) is 12.7. The molecule has 1 aromatic carbocycles. The van der Waals surface area contributed by atoms with Crippen LogP contribution in [-0.2, 0) is 4.79 Å². The molecule has 0 radical (unpaired) electrons. The topological polar surface area (TPSA) is 112 Å². The fourth-order valence-electron chi connectivity index (χ4n) is 4.80. The molecule has 1 aliphatic carbocycles. The van der Waals surface area contributed by atoms with Gasteiger partial charge in [0.15, 0.2) is 0 Å². The highest BCUT2D eigenvalue weighted by molar-refractivity contribution is 6.01. The number of fused-ring (bicyclic) bond motifs is 2. The van der Waals surface area contributed by atoms with E-state index in [4.69, 9.17) is 4.42 Å². The summed E-state index contributed by atoms with van der Waals surface area (Å²) in [7, 11) is 0. The molecule has 0 aliphatic heterocycles. The van der Waals surface area contributed by atoms with Crippen molar-refractivity contribution in [3.63, 3.8) is 0 Å². The number of nitrogens with zero attached hydrogens (tertiary/aromatic N) is 3. The molecule has 5 aromatic heterocycles. The van der Waals surface area contributed by atoms with Gasteiger partial charge in [0.05, 0.1) is 47.5 Å². The Morgan fingerprint density at radius 2 is 1.94 bits per heavy atom. The number of aromatic nitrogens is 5. The predicted molar refractivity (Wildman–Crippen MR) is 138 cm³/mol. The average Bonchev–Trinajstić information content (AvgIpc) is 3.61. The van der Waals surface area contributed by atoms with Crippen molar-refractivity contribution < 1.29 is 9.21 Å².